The SMILES string of the molecule is CCOC(=O)[C@@H]1CCCCN1[C@H]1CC[C@H](C)C1. The van der Waals surface area contributed by atoms with E-state index < -0.39 is 0 Å². The van der Waals surface area contributed by atoms with Gasteiger partial charge in [0, 0.05) is 6.04 Å². The van der Waals surface area contributed by atoms with E-state index in [0.29, 0.717) is 12.6 Å². The summed E-state index contributed by atoms with van der Waals surface area (Å²) >= 11 is 0. The Morgan fingerprint density at radius 2 is 2.12 bits per heavy atom. The molecule has 1 aliphatic carbocycles. The van der Waals surface area contributed by atoms with Gasteiger partial charge in [-0.25, -0.2) is 0 Å². The van der Waals surface area contributed by atoms with Gasteiger partial charge in [-0.15, -0.1) is 0 Å². The molecule has 2 fully saturated rings. The van der Waals surface area contributed by atoms with Crippen LogP contribution >= 0.6 is 0 Å². The maximum Gasteiger partial charge on any atom is 0.323 e. The predicted octanol–water partition coefficient (Wildman–Crippen LogP) is 2.59. The van der Waals surface area contributed by atoms with Crippen LogP contribution in [0.2, 0.25) is 0 Å². The van der Waals surface area contributed by atoms with Crippen LogP contribution in [0.15, 0.2) is 0 Å². The molecule has 0 aromatic carbocycles. The fourth-order valence-electron chi connectivity index (χ4n) is 3.36. The monoisotopic (exact) mass is 239 g/mol. The van der Waals surface area contributed by atoms with Crippen LogP contribution in [0.25, 0.3) is 0 Å². The third-order valence-corrected chi connectivity index (χ3v) is 4.24. The lowest BCUT2D eigenvalue weighted by Gasteiger charge is -2.38. The number of hydrogen-bond donors (Lipinski definition) is 0. The number of nitrogens with zero attached hydrogens (tertiary/aromatic N) is 1. The van der Waals surface area contributed by atoms with Crippen LogP contribution < -0.4 is 0 Å². The number of ether oxygens (including phenoxy) is 1. The predicted molar refractivity (Wildman–Crippen MR) is 67.8 cm³/mol. The zero-order valence-corrected chi connectivity index (χ0v) is 11.2. The summed E-state index contributed by atoms with van der Waals surface area (Å²) in [5.74, 6) is 0.830. The van der Waals surface area contributed by atoms with E-state index in [1.165, 1.54) is 32.1 Å². The molecule has 2 aliphatic rings. The summed E-state index contributed by atoms with van der Waals surface area (Å²) in [5, 5.41) is 0. The molecule has 0 aromatic heterocycles. The van der Waals surface area contributed by atoms with Gasteiger partial charge < -0.3 is 4.74 Å². The normalized spacial score (nSPS) is 34.8. The van der Waals surface area contributed by atoms with Crippen LogP contribution in [-0.2, 0) is 9.53 Å². The third-order valence-electron chi connectivity index (χ3n) is 4.24. The summed E-state index contributed by atoms with van der Waals surface area (Å²) in [7, 11) is 0. The molecule has 1 heterocycles. The van der Waals surface area contributed by atoms with Crippen molar-refractivity contribution in [3.8, 4) is 0 Å². The Bertz CT molecular complexity index is 267. The lowest BCUT2D eigenvalue weighted by Crippen LogP contribution is -2.49. The molecule has 0 unspecified atom stereocenters. The van der Waals surface area contributed by atoms with Crippen molar-refractivity contribution in [2.75, 3.05) is 13.2 Å². The number of carbonyl (C=O) groups is 1. The second-order valence-corrected chi connectivity index (χ2v) is 5.57. The quantitative estimate of drug-likeness (QED) is 0.709. The Labute approximate surface area is 105 Å². The van der Waals surface area contributed by atoms with E-state index in [1.807, 2.05) is 6.92 Å². The van der Waals surface area contributed by atoms with Crippen molar-refractivity contribution in [1.82, 2.24) is 4.90 Å². The van der Waals surface area contributed by atoms with E-state index in [9.17, 15) is 4.79 Å². The Balaban J connectivity index is 1.99. The van der Waals surface area contributed by atoms with E-state index in [4.69, 9.17) is 4.74 Å². The molecule has 0 aromatic rings. The molecular weight excluding hydrogens is 214 g/mol. The molecule has 0 spiro atoms. The van der Waals surface area contributed by atoms with Gasteiger partial charge in [0.1, 0.15) is 6.04 Å². The molecule has 0 bridgehead atoms. The van der Waals surface area contributed by atoms with Crippen LogP contribution in [0.1, 0.15) is 52.4 Å². The number of likely N-dealkylation sites (tertiary alicyclic amines) is 1. The number of hydrogen-bond acceptors (Lipinski definition) is 3. The second kappa shape index (κ2) is 5.85. The molecule has 1 saturated carbocycles. The van der Waals surface area contributed by atoms with Crippen molar-refractivity contribution in [2.24, 2.45) is 5.92 Å². The Kier molecular flexibility index (Phi) is 4.43. The minimum absolute atomic E-state index is 0.00625. The van der Waals surface area contributed by atoms with E-state index in [1.54, 1.807) is 0 Å². The molecule has 17 heavy (non-hydrogen) atoms. The van der Waals surface area contributed by atoms with Gasteiger partial charge >= 0.3 is 5.97 Å². The highest BCUT2D eigenvalue weighted by Gasteiger charge is 2.36. The van der Waals surface area contributed by atoms with Crippen LogP contribution in [0.5, 0.6) is 0 Å². The molecule has 0 N–H and O–H groups in total. The molecule has 3 nitrogen and oxygen atoms in total. The van der Waals surface area contributed by atoms with Gasteiger partial charge in [0.25, 0.3) is 0 Å². The molecule has 2 rings (SSSR count). The molecular formula is C14H25NO2. The second-order valence-electron chi connectivity index (χ2n) is 5.57. The minimum atomic E-state index is 0.00625. The summed E-state index contributed by atoms with van der Waals surface area (Å²) in [4.78, 5) is 14.4. The topological polar surface area (TPSA) is 29.5 Å². The van der Waals surface area contributed by atoms with Crippen molar-refractivity contribution >= 4 is 5.97 Å². The molecule has 0 amide bonds. The lowest BCUT2D eigenvalue weighted by atomic mass is 9.98. The Morgan fingerprint density at radius 3 is 2.76 bits per heavy atom. The van der Waals surface area contributed by atoms with Crippen LogP contribution in [-0.4, -0.2) is 36.1 Å². The fraction of sp³-hybridized carbons (Fsp3) is 0.929. The van der Waals surface area contributed by atoms with Gasteiger partial charge in [-0.2, -0.15) is 0 Å². The smallest absolute Gasteiger partial charge is 0.323 e. The summed E-state index contributed by atoms with van der Waals surface area (Å²) < 4.78 is 5.22. The standard InChI is InChI=1S/C14H25NO2/c1-3-17-14(16)13-6-4-5-9-15(13)12-8-7-11(2)10-12/h11-13H,3-10H2,1-2H3/t11-,12-,13-/m0/s1. The van der Waals surface area contributed by atoms with Gasteiger partial charge in [-0.3, -0.25) is 9.69 Å². The zero-order valence-electron chi connectivity index (χ0n) is 11.2. The van der Waals surface area contributed by atoms with E-state index in [-0.39, 0.29) is 12.0 Å². The highest BCUT2D eigenvalue weighted by Crippen LogP contribution is 2.33. The van der Waals surface area contributed by atoms with Crippen molar-refractivity contribution in [2.45, 2.75) is 64.5 Å². The van der Waals surface area contributed by atoms with E-state index >= 15 is 0 Å². The van der Waals surface area contributed by atoms with Crippen LogP contribution in [0.4, 0.5) is 0 Å². The zero-order chi connectivity index (χ0) is 12.3. The first-order valence-corrected chi connectivity index (χ1v) is 7.14. The Hall–Kier alpha value is -0.570. The first-order chi connectivity index (χ1) is 8.22. The first-order valence-electron chi connectivity index (χ1n) is 7.14. The van der Waals surface area contributed by atoms with E-state index in [0.717, 1.165) is 18.9 Å². The lowest BCUT2D eigenvalue weighted by molar-refractivity contribution is -0.152. The average Bonchev–Trinajstić information content (AvgIpc) is 2.76. The average molecular weight is 239 g/mol. The fourth-order valence-corrected chi connectivity index (χ4v) is 3.36. The van der Waals surface area contributed by atoms with Crippen LogP contribution in [0, 0.1) is 5.92 Å². The maximum atomic E-state index is 12.0. The first kappa shape index (κ1) is 12.9. The van der Waals surface area contributed by atoms with Gasteiger partial charge in [-0.1, -0.05) is 13.3 Å². The molecule has 3 atom stereocenters. The largest absolute Gasteiger partial charge is 0.465 e. The molecule has 1 aliphatic heterocycles. The maximum absolute atomic E-state index is 12.0. The van der Waals surface area contributed by atoms with Crippen LogP contribution in [0.3, 0.4) is 0 Å². The highest BCUT2D eigenvalue weighted by molar-refractivity contribution is 5.76. The third kappa shape index (κ3) is 3.01. The minimum Gasteiger partial charge on any atom is -0.465 e. The van der Waals surface area contributed by atoms with Gasteiger partial charge in [-0.05, 0) is 51.5 Å². The number of piperidine rings is 1. The van der Waals surface area contributed by atoms with E-state index in [2.05, 4.69) is 11.8 Å². The summed E-state index contributed by atoms with van der Waals surface area (Å²) in [5.41, 5.74) is 0. The van der Waals surface area contributed by atoms with Gasteiger partial charge in [0.05, 0.1) is 6.61 Å². The summed E-state index contributed by atoms with van der Waals surface area (Å²) in [6.45, 7) is 5.80. The summed E-state index contributed by atoms with van der Waals surface area (Å²) in [6.07, 6.45) is 7.23. The van der Waals surface area contributed by atoms with Crippen molar-refractivity contribution in [3.63, 3.8) is 0 Å². The molecule has 3 heteroatoms. The number of esters is 1. The van der Waals surface area contributed by atoms with Gasteiger partial charge in [0.15, 0.2) is 0 Å². The van der Waals surface area contributed by atoms with Crippen molar-refractivity contribution in [1.29, 1.82) is 0 Å². The molecule has 98 valence electrons. The Morgan fingerprint density at radius 1 is 1.29 bits per heavy atom. The van der Waals surface area contributed by atoms with Gasteiger partial charge in [0.2, 0.25) is 0 Å². The van der Waals surface area contributed by atoms with Crippen molar-refractivity contribution in [3.05, 3.63) is 0 Å². The van der Waals surface area contributed by atoms with Crippen molar-refractivity contribution < 1.29 is 9.53 Å². The molecule has 1 saturated heterocycles. The molecule has 0 radical (unpaired) electrons. The number of carbonyl (C=O) groups excluding carboxylic acids is 1. The summed E-state index contributed by atoms with van der Waals surface area (Å²) in [6, 6.07) is 0.665. The highest BCUT2D eigenvalue weighted by atomic mass is 16.5. The number of rotatable bonds is 3.